The molecule has 0 saturated heterocycles. The zero-order chi connectivity index (χ0) is 13.4. The zero-order valence-electron chi connectivity index (χ0n) is 11.8. The lowest BCUT2D eigenvalue weighted by Gasteiger charge is -2.26. The van der Waals surface area contributed by atoms with Crippen molar-refractivity contribution in [3.8, 4) is 0 Å². The van der Waals surface area contributed by atoms with E-state index in [0.717, 1.165) is 13.1 Å². The maximum atomic E-state index is 12.1. The Morgan fingerprint density at radius 2 is 1.59 bits per heavy atom. The first-order chi connectivity index (χ1) is 7.86. The number of aliphatic hydroxyl groups is 1. The fraction of sp³-hybridized carbons (Fsp3) is 0.923. The number of rotatable bonds is 8. The molecule has 0 rings (SSSR count). The molecule has 1 N–H and O–H groups in total. The molecule has 1 amide bonds. The van der Waals surface area contributed by atoms with Gasteiger partial charge >= 0.3 is 0 Å². The highest BCUT2D eigenvalue weighted by atomic mass is 32.2. The van der Waals surface area contributed by atoms with Gasteiger partial charge in [-0.2, -0.15) is 0 Å². The second-order valence-electron chi connectivity index (χ2n) is 5.39. The van der Waals surface area contributed by atoms with Crippen LogP contribution in [0.5, 0.6) is 0 Å². The molecule has 0 aliphatic heterocycles. The summed E-state index contributed by atoms with van der Waals surface area (Å²) in [5.74, 6) is 1.66. The lowest BCUT2D eigenvalue weighted by atomic mass is 10.1. The van der Waals surface area contributed by atoms with Gasteiger partial charge in [-0.25, -0.2) is 0 Å². The van der Waals surface area contributed by atoms with Crippen molar-refractivity contribution in [2.24, 2.45) is 11.8 Å². The zero-order valence-corrected chi connectivity index (χ0v) is 12.6. The molecule has 0 saturated carbocycles. The van der Waals surface area contributed by atoms with Gasteiger partial charge in [0.05, 0.1) is 12.4 Å². The second-order valence-corrected chi connectivity index (χ2v) is 6.82. The van der Waals surface area contributed by atoms with E-state index in [9.17, 15) is 4.79 Å². The molecule has 0 aliphatic rings. The van der Waals surface area contributed by atoms with Crippen molar-refractivity contribution < 1.29 is 9.90 Å². The number of amides is 1. The van der Waals surface area contributed by atoms with Crippen molar-refractivity contribution >= 4 is 17.7 Å². The molecule has 0 radical (unpaired) electrons. The van der Waals surface area contributed by atoms with Crippen LogP contribution in [0.25, 0.3) is 0 Å². The summed E-state index contributed by atoms with van der Waals surface area (Å²) in [6.45, 7) is 12.2. The smallest absolute Gasteiger partial charge is 0.232 e. The minimum absolute atomic E-state index is 0.131. The van der Waals surface area contributed by atoms with Crippen LogP contribution in [0.3, 0.4) is 0 Å². The van der Waals surface area contributed by atoms with Crippen LogP contribution in [0.2, 0.25) is 0 Å². The monoisotopic (exact) mass is 261 g/mol. The Morgan fingerprint density at radius 3 is 1.94 bits per heavy atom. The predicted octanol–water partition coefficient (Wildman–Crippen LogP) is 2.24. The third-order valence-electron chi connectivity index (χ3n) is 2.27. The van der Waals surface area contributed by atoms with E-state index in [1.54, 1.807) is 0 Å². The van der Waals surface area contributed by atoms with Crippen LogP contribution >= 0.6 is 11.8 Å². The summed E-state index contributed by atoms with van der Waals surface area (Å²) in [6, 6.07) is 0. The first-order valence-corrected chi connectivity index (χ1v) is 7.41. The van der Waals surface area contributed by atoms with Crippen molar-refractivity contribution in [3.63, 3.8) is 0 Å². The SMILES string of the molecule is CC(C)CN(CC(C)C)C(=O)CSC(C)CO. The number of thioether (sulfide) groups is 1. The summed E-state index contributed by atoms with van der Waals surface area (Å²) in [5.41, 5.74) is 0. The fourth-order valence-electron chi connectivity index (χ4n) is 1.52. The van der Waals surface area contributed by atoms with Gasteiger partial charge in [0.2, 0.25) is 5.91 Å². The van der Waals surface area contributed by atoms with E-state index >= 15 is 0 Å². The van der Waals surface area contributed by atoms with Crippen LogP contribution in [0.15, 0.2) is 0 Å². The molecule has 0 aromatic carbocycles. The Balaban J connectivity index is 4.21. The number of nitrogens with zero attached hydrogens (tertiary/aromatic N) is 1. The highest BCUT2D eigenvalue weighted by Gasteiger charge is 2.17. The van der Waals surface area contributed by atoms with E-state index in [4.69, 9.17) is 5.11 Å². The number of hydrogen-bond donors (Lipinski definition) is 1. The van der Waals surface area contributed by atoms with Gasteiger partial charge in [-0.3, -0.25) is 4.79 Å². The second kappa shape index (κ2) is 8.81. The predicted molar refractivity (Wildman–Crippen MR) is 75.3 cm³/mol. The van der Waals surface area contributed by atoms with Crippen LogP contribution < -0.4 is 0 Å². The third-order valence-corrected chi connectivity index (χ3v) is 3.40. The summed E-state index contributed by atoms with van der Waals surface area (Å²) >= 11 is 1.53. The molecule has 0 aliphatic carbocycles. The summed E-state index contributed by atoms with van der Waals surface area (Å²) in [6.07, 6.45) is 0. The van der Waals surface area contributed by atoms with E-state index in [1.165, 1.54) is 11.8 Å². The van der Waals surface area contributed by atoms with Gasteiger partial charge in [0, 0.05) is 18.3 Å². The first kappa shape index (κ1) is 16.8. The highest BCUT2D eigenvalue weighted by Crippen LogP contribution is 2.12. The molecular formula is C13H27NO2S. The van der Waals surface area contributed by atoms with Gasteiger partial charge in [-0.1, -0.05) is 34.6 Å². The molecule has 1 atom stereocenters. The number of hydrogen-bond acceptors (Lipinski definition) is 3. The minimum Gasteiger partial charge on any atom is -0.395 e. The van der Waals surface area contributed by atoms with Crippen LogP contribution in [-0.4, -0.2) is 46.6 Å². The Kier molecular flexibility index (Phi) is 8.70. The molecule has 102 valence electrons. The van der Waals surface area contributed by atoms with Crippen molar-refractivity contribution in [3.05, 3.63) is 0 Å². The molecule has 3 nitrogen and oxygen atoms in total. The van der Waals surface area contributed by atoms with Crippen LogP contribution in [0.1, 0.15) is 34.6 Å². The molecule has 0 heterocycles. The van der Waals surface area contributed by atoms with Gasteiger partial charge in [-0.05, 0) is 11.8 Å². The fourth-order valence-corrected chi connectivity index (χ4v) is 2.23. The molecule has 0 aromatic rings. The van der Waals surface area contributed by atoms with Gasteiger partial charge < -0.3 is 10.0 Å². The highest BCUT2D eigenvalue weighted by molar-refractivity contribution is 8.00. The molecule has 0 spiro atoms. The molecule has 4 heteroatoms. The van der Waals surface area contributed by atoms with Crippen molar-refractivity contribution in [1.29, 1.82) is 0 Å². The Morgan fingerprint density at radius 1 is 1.12 bits per heavy atom. The standard InChI is InChI=1S/C13H27NO2S/c1-10(2)6-14(7-11(3)4)13(16)9-17-12(5)8-15/h10-12,15H,6-9H2,1-5H3. The molecule has 0 fully saturated rings. The largest absolute Gasteiger partial charge is 0.395 e. The molecule has 17 heavy (non-hydrogen) atoms. The van der Waals surface area contributed by atoms with E-state index < -0.39 is 0 Å². The van der Waals surface area contributed by atoms with Gasteiger partial charge in [0.15, 0.2) is 0 Å². The van der Waals surface area contributed by atoms with Crippen LogP contribution in [0, 0.1) is 11.8 Å². The summed E-state index contributed by atoms with van der Waals surface area (Å²) in [7, 11) is 0. The average molecular weight is 261 g/mol. The quantitative estimate of drug-likeness (QED) is 0.728. The molecular weight excluding hydrogens is 234 g/mol. The van der Waals surface area contributed by atoms with Crippen molar-refractivity contribution in [1.82, 2.24) is 4.90 Å². The van der Waals surface area contributed by atoms with E-state index in [1.807, 2.05) is 11.8 Å². The molecule has 1 unspecified atom stereocenters. The summed E-state index contributed by atoms with van der Waals surface area (Å²) < 4.78 is 0. The lowest BCUT2D eigenvalue weighted by Crippen LogP contribution is -2.38. The maximum absolute atomic E-state index is 12.1. The van der Waals surface area contributed by atoms with Gasteiger partial charge in [-0.15, -0.1) is 11.8 Å². The average Bonchev–Trinajstić information content (AvgIpc) is 2.23. The van der Waals surface area contributed by atoms with E-state index in [2.05, 4.69) is 27.7 Å². The van der Waals surface area contributed by atoms with Crippen molar-refractivity contribution in [2.75, 3.05) is 25.4 Å². The van der Waals surface area contributed by atoms with Gasteiger partial charge in [0.25, 0.3) is 0 Å². The van der Waals surface area contributed by atoms with E-state index in [0.29, 0.717) is 17.6 Å². The number of carbonyl (C=O) groups is 1. The summed E-state index contributed by atoms with van der Waals surface area (Å²) in [4.78, 5) is 14.0. The van der Waals surface area contributed by atoms with E-state index in [-0.39, 0.29) is 17.8 Å². The van der Waals surface area contributed by atoms with Gasteiger partial charge in [0.1, 0.15) is 0 Å². The number of carbonyl (C=O) groups excluding carboxylic acids is 1. The Hall–Kier alpha value is -0.220. The minimum atomic E-state index is 0.131. The van der Waals surface area contributed by atoms with Crippen molar-refractivity contribution in [2.45, 2.75) is 39.9 Å². The molecule has 0 aromatic heterocycles. The Labute approximate surface area is 110 Å². The topological polar surface area (TPSA) is 40.5 Å². The lowest BCUT2D eigenvalue weighted by molar-refractivity contribution is -0.129. The number of aliphatic hydroxyl groups excluding tert-OH is 1. The Bertz CT molecular complexity index is 209. The first-order valence-electron chi connectivity index (χ1n) is 6.37. The van der Waals surface area contributed by atoms with Crippen LogP contribution in [0.4, 0.5) is 0 Å². The van der Waals surface area contributed by atoms with Crippen LogP contribution in [-0.2, 0) is 4.79 Å². The third kappa shape index (κ3) is 8.50. The maximum Gasteiger partial charge on any atom is 0.232 e. The normalized spacial score (nSPS) is 13.2. The molecule has 0 bridgehead atoms. The summed E-state index contributed by atoms with van der Waals surface area (Å²) in [5, 5.41) is 9.07.